The van der Waals surface area contributed by atoms with Gasteiger partial charge in [-0.25, -0.2) is 4.98 Å². The number of aromatic nitrogens is 3. The lowest BCUT2D eigenvalue weighted by atomic mass is 10.3. The molecule has 0 aliphatic heterocycles. The first-order chi connectivity index (χ1) is 9.69. The van der Waals surface area contributed by atoms with Gasteiger partial charge in [-0.05, 0) is 25.5 Å². The zero-order valence-electron chi connectivity index (χ0n) is 11.5. The number of nitrogens with zero attached hydrogens (tertiary/aromatic N) is 3. The average Bonchev–Trinajstić information content (AvgIpc) is 2.89. The van der Waals surface area contributed by atoms with E-state index in [0.29, 0.717) is 17.5 Å². The number of oxazole rings is 1. The minimum Gasteiger partial charge on any atom is -0.444 e. The van der Waals surface area contributed by atoms with Gasteiger partial charge in [0.15, 0.2) is 5.69 Å². The van der Waals surface area contributed by atoms with Crippen molar-refractivity contribution in [1.82, 2.24) is 20.5 Å². The highest BCUT2D eigenvalue weighted by atomic mass is 16.4. The molecule has 0 atom stereocenters. The molecule has 2 rings (SSSR count). The fraction of sp³-hybridized carbons (Fsp3) is 0.385. The van der Waals surface area contributed by atoms with Crippen molar-refractivity contribution in [3.05, 3.63) is 35.7 Å². The minimum absolute atomic E-state index is 0.226. The van der Waals surface area contributed by atoms with Gasteiger partial charge in [-0.15, -0.1) is 10.2 Å². The molecule has 0 unspecified atom stereocenters. The normalized spacial score (nSPS) is 10.3. The lowest BCUT2D eigenvalue weighted by Gasteiger charge is -2.04. The third-order valence-corrected chi connectivity index (χ3v) is 2.52. The predicted molar refractivity (Wildman–Crippen MR) is 73.2 cm³/mol. The number of carbonyl (C=O) groups excluding carboxylic acids is 1. The predicted octanol–water partition coefficient (Wildman–Crippen LogP) is 1.52. The molecule has 0 saturated carbocycles. The number of rotatable bonds is 6. The smallest absolute Gasteiger partial charge is 0.272 e. The van der Waals surface area contributed by atoms with Crippen molar-refractivity contribution in [3.8, 4) is 0 Å². The first-order valence-corrected chi connectivity index (χ1v) is 6.46. The zero-order chi connectivity index (χ0) is 14.4. The van der Waals surface area contributed by atoms with E-state index in [1.807, 2.05) is 0 Å². The second-order valence-corrected chi connectivity index (χ2v) is 4.28. The van der Waals surface area contributed by atoms with E-state index in [1.165, 1.54) is 0 Å². The maximum Gasteiger partial charge on any atom is 0.272 e. The van der Waals surface area contributed by atoms with Gasteiger partial charge in [-0.3, -0.25) is 4.79 Å². The molecule has 0 aliphatic carbocycles. The molecule has 2 aromatic rings. The van der Waals surface area contributed by atoms with Gasteiger partial charge in [0.05, 0.1) is 12.7 Å². The fourth-order valence-corrected chi connectivity index (χ4v) is 1.53. The van der Waals surface area contributed by atoms with E-state index >= 15 is 0 Å². The van der Waals surface area contributed by atoms with Crippen LogP contribution in [0.4, 0.5) is 5.82 Å². The van der Waals surface area contributed by atoms with Crippen molar-refractivity contribution >= 4 is 11.7 Å². The summed E-state index contributed by atoms with van der Waals surface area (Å²) in [5.74, 6) is 1.52. The number of anilines is 1. The second-order valence-electron chi connectivity index (χ2n) is 4.28. The van der Waals surface area contributed by atoms with Gasteiger partial charge >= 0.3 is 0 Å². The zero-order valence-corrected chi connectivity index (χ0v) is 11.5. The molecule has 20 heavy (non-hydrogen) atoms. The third kappa shape index (κ3) is 3.78. The number of amides is 1. The summed E-state index contributed by atoms with van der Waals surface area (Å²) in [4.78, 5) is 15.8. The Balaban J connectivity index is 1.88. The molecule has 0 radical (unpaired) electrons. The SMILES string of the molecule is CCCNc1ccc(C(=O)NCc2ncc(C)o2)nn1. The van der Waals surface area contributed by atoms with Crippen LogP contribution in [0.15, 0.2) is 22.7 Å². The molecule has 2 heterocycles. The Morgan fingerprint density at radius 2 is 2.20 bits per heavy atom. The maximum absolute atomic E-state index is 11.8. The number of hydrogen-bond acceptors (Lipinski definition) is 6. The van der Waals surface area contributed by atoms with Crippen LogP contribution in [0.1, 0.15) is 35.5 Å². The Hall–Kier alpha value is -2.44. The summed E-state index contributed by atoms with van der Waals surface area (Å²) in [5, 5.41) is 13.6. The highest BCUT2D eigenvalue weighted by molar-refractivity contribution is 5.92. The molecule has 0 fully saturated rings. The Morgan fingerprint density at radius 3 is 2.80 bits per heavy atom. The maximum atomic E-state index is 11.8. The molecule has 7 nitrogen and oxygen atoms in total. The quantitative estimate of drug-likeness (QED) is 0.830. The van der Waals surface area contributed by atoms with Crippen molar-refractivity contribution in [3.63, 3.8) is 0 Å². The van der Waals surface area contributed by atoms with Crippen LogP contribution in [0.3, 0.4) is 0 Å². The molecule has 0 aromatic carbocycles. The molecule has 0 aliphatic rings. The van der Waals surface area contributed by atoms with E-state index in [0.717, 1.165) is 13.0 Å². The monoisotopic (exact) mass is 275 g/mol. The lowest BCUT2D eigenvalue weighted by Crippen LogP contribution is -2.24. The summed E-state index contributed by atoms with van der Waals surface area (Å²) in [5.41, 5.74) is 0.260. The van der Waals surface area contributed by atoms with Crippen molar-refractivity contribution in [2.75, 3.05) is 11.9 Å². The first-order valence-electron chi connectivity index (χ1n) is 6.46. The molecule has 0 saturated heterocycles. The number of aryl methyl sites for hydroxylation is 1. The number of carbonyl (C=O) groups is 1. The summed E-state index contributed by atoms with van der Waals surface area (Å²) in [6.07, 6.45) is 2.61. The van der Waals surface area contributed by atoms with Crippen LogP contribution in [0.25, 0.3) is 0 Å². The molecule has 2 aromatic heterocycles. The summed E-state index contributed by atoms with van der Waals surface area (Å²) in [7, 11) is 0. The summed E-state index contributed by atoms with van der Waals surface area (Å²) in [6.45, 7) is 4.91. The van der Waals surface area contributed by atoms with Crippen LogP contribution < -0.4 is 10.6 Å². The third-order valence-electron chi connectivity index (χ3n) is 2.52. The first kappa shape index (κ1) is 14.0. The van der Waals surface area contributed by atoms with Crippen molar-refractivity contribution in [1.29, 1.82) is 0 Å². The van der Waals surface area contributed by atoms with Gasteiger partial charge in [0.1, 0.15) is 11.6 Å². The van der Waals surface area contributed by atoms with Crippen LogP contribution in [0.5, 0.6) is 0 Å². The van der Waals surface area contributed by atoms with E-state index in [2.05, 4.69) is 32.7 Å². The van der Waals surface area contributed by atoms with Crippen LogP contribution in [0, 0.1) is 6.92 Å². The van der Waals surface area contributed by atoms with Gasteiger partial charge < -0.3 is 15.1 Å². The Kier molecular flexibility index (Phi) is 4.65. The Bertz CT molecular complexity index is 564. The van der Waals surface area contributed by atoms with Crippen molar-refractivity contribution < 1.29 is 9.21 Å². The molecule has 0 spiro atoms. The van der Waals surface area contributed by atoms with Gasteiger partial charge in [-0.2, -0.15) is 0 Å². The molecular formula is C13H17N5O2. The molecular weight excluding hydrogens is 258 g/mol. The van der Waals surface area contributed by atoms with Crippen LogP contribution in [-0.4, -0.2) is 27.6 Å². The lowest BCUT2D eigenvalue weighted by molar-refractivity contribution is 0.0941. The topological polar surface area (TPSA) is 92.9 Å². The van der Waals surface area contributed by atoms with E-state index < -0.39 is 0 Å². The molecule has 0 bridgehead atoms. The highest BCUT2D eigenvalue weighted by Gasteiger charge is 2.09. The van der Waals surface area contributed by atoms with Gasteiger partial charge in [0.2, 0.25) is 5.89 Å². The van der Waals surface area contributed by atoms with Crippen LogP contribution >= 0.6 is 0 Å². The highest BCUT2D eigenvalue weighted by Crippen LogP contribution is 2.04. The molecule has 1 amide bonds. The summed E-state index contributed by atoms with van der Waals surface area (Å²) < 4.78 is 5.26. The van der Waals surface area contributed by atoms with Gasteiger partial charge in [0.25, 0.3) is 5.91 Å². The number of hydrogen-bond donors (Lipinski definition) is 2. The fourth-order valence-electron chi connectivity index (χ4n) is 1.53. The average molecular weight is 275 g/mol. The summed E-state index contributed by atoms with van der Waals surface area (Å²) >= 11 is 0. The molecule has 2 N–H and O–H groups in total. The van der Waals surface area contributed by atoms with Gasteiger partial charge in [-0.1, -0.05) is 6.92 Å². The van der Waals surface area contributed by atoms with Crippen molar-refractivity contribution in [2.45, 2.75) is 26.8 Å². The molecule has 7 heteroatoms. The van der Waals surface area contributed by atoms with Crippen LogP contribution in [-0.2, 0) is 6.54 Å². The second kappa shape index (κ2) is 6.65. The van der Waals surface area contributed by atoms with Crippen LogP contribution in [0.2, 0.25) is 0 Å². The Morgan fingerprint density at radius 1 is 1.35 bits per heavy atom. The summed E-state index contributed by atoms with van der Waals surface area (Å²) in [6, 6.07) is 3.36. The van der Waals surface area contributed by atoms with Gasteiger partial charge in [0, 0.05) is 6.54 Å². The van der Waals surface area contributed by atoms with E-state index in [4.69, 9.17) is 4.42 Å². The van der Waals surface area contributed by atoms with Crippen molar-refractivity contribution in [2.24, 2.45) is 0 Å². The molecule has 106 valence electrons. The standard InChI is InChI=1S/C13H17N5O2/c1-3-6-14-11-5-4-10(17-18-11)13(19)16-8-12-15-7-9(2)20-12/h4-5,7H,3,6,8H2,1-2H3,(H,14,18)(H,16,19). The Labute approximate surface area is 116 Å². The van der Waals surface area contributed by atoms with E-state index in [9.17, 15) is 4.79 Å². The minimum atomic E-state index is -0.310. The largest absolute Gasteiger partial charge is 0.444 e. The van der Waals surface area contributed by atoms with E-state index in [-0.39, 0.29) is 18.1 Å². The van der Waals surface area contributed by atoms with E-state index in [1.54, 1.807) is 25.3 Å². The number of nitrogens with one attached hydrogen (secondary N) is 2.